The van der Waals surface area contributed by atoms with Gasteiger partial charge in [-0.1, -0.05) is 30.4 Å². The van der Waals surface area contributed by atoms with E-state index >= 15 is 0 Å². The smallest absolute Gasteiger partial charge is 0.166 e. The van der Waals surface area contributed by atoms with Gasteiger partial charge in [0.25, 0.3) is 0 Å². The third kappa shape index (κ3) is 3.12. The van der Waals surface area contributed by atoms with E-state index in [1.165, 1.54) is 0 Å². The van der Waals surface area contributed by atoms with E-state index < -0.39 is 0 Å². The molecule has 0 unspecified atom stereocenters. The van der Waals surface area contributed by atoms with Crippen molar-refractivity contribution in [3.8, 4) is 0 Å². The summed E-state index contributed by atoms with van der Waals surface area (Å²) in [5.74, 6) is 0. The molecule has 0 saturated carbocycles. The molecule has 0 N–H and O–H groups in total. The second-order valence-electron chi connectivity index (χ2n) is 1.48. The largest absolute Gasteiger partial charge is 1.00 e. The average molecular weight is 248 g/mol. The Morgan fingerprint density at radius 1 is 1.40 bits per heavy atom. The minimum atomic E-state index is 0. The Balaban J connectivity index is 0.000000810. The van der Waals surface area contributed by atoms with Crippen molar-refractivity contribution in [3.05, 3.63) is 32.7 Å². The van der Waals surface area contributed by atoms with Gasteiger partial charge >= 0.3 is 29.6 Å². The number of benzene rings is 1. The van der Waals surface area contributed by atoms with Crippen LogP contribution in [0.3, 0.4) is 0 Å². The molecular formula is C6H2BrCl2Na. The zero-order valence-corrected chi connectivity index (χ0v) is 10.4. The maximum Gasteiger partial charge on any atom is 1.00 e. The summed E-state index contributed by atoms with van der Waals surface area (Å²) in [6.07, 6.45) is 0. The Morgan fingerprint density at radius 3 is 2.40 bits per heavy atom. The van der Waals surface area contributed by atoms with E-state index in [0.717, 1.165) is 4.47 Å². The van der Waals surface area contributed by atoms with Crippen LogP contribution in [0.5, 0.6) is 0 Å². The van der Waals surface area contributed by atoms with Crippen molar-refractivity contribution < 1.29 is 29.6 Å². The van der Waals surface area contributed by atoms with Gasteiger partial charge < -0.3 is 0 Å². The second-order valence-corrected chi connectivity index (χ2v) is 3.15. The molecule has 0 saturated heterocycles. The van der Waals surface area contributed by atoms with Crippen molar-refractivity contribution in [2.75, 3.05) is 0 Å². The summed E-state index contributed by atoms with van der Waals surface area (Å²) in [7, 11) is 0. The van der Waals surface area contributed by atoms with E-state index in [2.05, 4.69) is 22.0 Å². The maximum atomic E-state index is 5.64. The molecule has 10 heavy (non-hydrogen) atoms. The molecule has 4 heteroatoms. The van der Waals surface area contributed by atoms with Crippen LogP contribution in [0.15, 0.2) is 16.6 Å². The van der Waals surface area contributed by atoms with E-state index in [1.54, 1.807) is 12.1 Å². The molecule has 1 rings (SSSR count). The molecule has 1 aromatic carbocycles. The Kier molecular flexibility index (Phi) is 5.66. The van der Waals surface area contributed by atoms with Crippen LogP contribution < -0.4 is 29.6 Å². The van der Waals surface area contributed by atoms with Crippen molar-refractivity contribution in [1.82, 2.24) is 0 Å². The summed E-state index contributed by atoms with van der Waals surface area (Å²) < 4.78 is 0.799. The van der Waals surface area contributed by atoms with E-state index in [0.29, 0.717) is 10.0 Å². The molecule has 0 radical (unpaired) electrons. The molecule has 48 valence electrons. The predicted octanol–water partition coefficient (Wildman–Crippen LogP) is 0.560. The van der Waals surface area contributed by atoms with E-state index in [-0.39, 0.29) is 29.6 Å². The second kappa shape index (κ2) is 5.02. The Morgan fingerprint density at radius 2 is 2.00 bits per heavy atom. The van der Waals surface area contributed by atoms with Gasteiger partial charge in [0, 0.05) is 0 Å². The summed E-state index contributed by atoms with van der Waals surface area (Å²) in [5.41, 5.74) is 0. The minimum Gasteiger partial charge on any atom is -0.166 e. The standard InChI is InChI=1S/C6H2BrCl2.Na/c7-5-3-4(8)1-2-6(5)9;/h2-3H;/q-1;+1. The zero-order valence-electron chi connectivity index (χ0n) is 5.29. The Hall–Kier alpha value is 1.28. The van der Waals surface area contributed by atoms with Crippen molar-refractivity contribution >= 4 is 39.1 Å². The summed E-state index contributed by atoms with van der Waals surface area (Å²) in [4.78, 5) is 0. The predicted molar refractivity (Wildman–Crippen MR) is 43.0 cm³/mol. The monoisotopic (exact) mass is 246 g/mol. The molecule has 0 aliphatic carbocycles. The van der Waals surface area contributed by atoms with E-state index in [4.69, 9.17) is 23.2 Å². The number of halogens is 3. The first-order chi connectivity index (χ1) is 4.20. The molecule has 0 heterocycles. The molecule has 0 aliphatic heterocycles. The first kappa shape index (κ1) is 11.3. The van der Waals surface area contributed by atoms with Gasteiger partial charge in [-0.25, -0.2) is 0 Å². The van der Waals surface area contributed by atoms with Crippen LogP contribution in [0.1, 0.15) is 0 Å². The number of rotatable bonds is 0. The molecule has 0 aliphatic rings. The Bertz CT molecular complexity index is 227. The quantitative estimate of drug-likeness (QED) is 0.357. The number of hydrogen-bond donors (Lipinski definition) is 0. The van der Waals surface area contributed by atoms with Gasteiger partial charge in [0.15, 0.2) is 0 Å². The minimum absolute atomic E-state index is 0. The Labute approximate surface area is 100 Å². The third-order valence-electron chi connectivity index (χ3n) is 0.818. The molecule has 0 nitrogen and oxygen atoms in total. The van der Waals surface area contributed by atoms with Gasteiger partial charge in [-0.2, -0.15) is 23.7 Å². The summed E-state index contributed by atoms with van der Waals surface area (Å²) in [6.45, 7) is 0. The molecule has 0 aromatic heterocycles. The summed E-state index contributed by atoms with van der Waals surface area (Å²) in [6, 6.07) is 6.06. The van der Waals surface area contributed by atoms with Crippen LogP contribution in [-0.2, 0) is 0 Å². The van der Waals surface area contributed by atoms with Gasteiger partial charge in [-0.15, -0.1) is 17.7 Å². The van der Waals surface area contributed by atoms with Crippen LogP contribution in [-0.4, -0.2) is 0 Å². The maximum absolute atomic E-state index is 5.64. The van der Waals surface area contributed by atoms with Crippen LogP contribution in [0, 0.1) is 6.07 Å². The normalized spacial score (nSPS) is 8.70. The SMILES string of the molecule is Clc1[c-]cc(Cl)c(Br)c1.[Na+]. The van der Waals surface area contributed by atoms with Gasteiger partial charge in [-0.3, -0.25) is 0 Å². The van der Waals surface area contributed by atoms with Crippen molar-refractivity contribution in [2.45, 2.75) is 0 Å². The van der Waals surface area contributed by atoms with Crippen LogP contribution in [0.2, 0.25) is 10.0 Å². The molecule has 0 spiro atoms. The van der Waals surface area contributed by atoms with Crippen molar-refractivity contribution in [1.29, 1.82) is 0 Å². The third-order valence-corrected chi connectivity index (χ3v) is 2.23. The van der Waals surface area contributed by atoms with Crippen molar-refractivity contribution in [3.63, 3.8) is 0 Å². The average Bonchev–Trinajstić information content (AvgIpc) is 1.80. The topological polar surface area (TPSA) is 0 Å². The molecule has 0 atom stereocenters. The van der Waals surface area contributed by atoms with E-state index in [9.17, 15) is 0 Å². The van der Waals surface area contributed by atoms with Gasteiger partial charge in [0.2, 0.25) is 0 Å². The summed E-state index contributed by atoms with van der Waals surface area (Å²) >= 11 is 14.4. The fourth-order valence-electron chi connectivity index (χ4n) is 0.423. The van der Waals surface area contributed by atoms with Crippen LogP contribution >= 0.6 is 39.1 Å². The van der Waals surface area contributed by atoms with Crippen LogP contribution in [0.4, 0.5) is 0 Å². The fourth-order valence-corrected chi connectivity index (χ4v) is 1.17. The zero-order chi connectivity index (χ0) is 6.85. The van der Waals surface area contributed by atoms with Crippen molar-refractivity contribution in [2.24, 2.45) is 0 Å². The van der Waals surface area contributed by atoms with Gasteiger partial charge in [0.1, 0.15) is 0 Å². The summed E-state index contributed by atoms with van der Waals surface area (Å²) in [5, 5.41) is 1.19. The first-order valence-electron chi connectivity index (χ1n) is 2.22. The van der Waals surface area contributed by atoms with Gasteiger partial charge in [-0.05, 0) is 0 Å². The molecule has 0 fully saturated rings. The molecule has 1 aromatic rings. The van der Waals surface area contributed by atoms with Crippen LogP contribution in [0.25, 0.3) is 0 Å². The molecule has 0 bridgehead atoms. The molecule has 0 amide bonds. The van der Waals surface area contributed by atoms with Gasteiger partial charge in [0.05, 0.1) is 0 Å². The van der Waals surface area contributed by atoms with E-state index in [1.807, 2.05) is 0 Å². The first-order valence-corrected chi connectivity index (χ1v) is 3.77. The number of hydrogen-bond acceptors (Lipinski definition) is 0. The fraction of sp³-hybridized carbons (Fsp3) is 0. The molecular weight excluding hydrogens is 246 g/mol.